The van der Waals surface area contributed by atoms with Gasteiger partial charge in [0.25, 0.3) is 5.91 Å². The van der Waals surface area contributed by atoms with E-state index in [2.05, 4.69) is 0 Å². The molecule has 6 nitrogen and oxygen atoms in total. The second-order valence-electron chi connectivity index (χ2n) is 6.56. The Kier molecular flexibility index (Phi) is 4.81. The van der Waals surface area contributed by atoms with Gasteiger partial charge in [0.05, 0.1) is 19.8 Å². The van der Waals surface area contributed by atoms with E-state index >= 15 is 0 Å². The fourth-order valence-corrected chi connectivity index (χ4v) is 4.32. The highest BCUT2D eigenvalue weighted by Gasteiger charge is 2.55. The summed E-state index contributed by atoms with van der Waals surface area (Å²) in [6.45, 7) is 4.97. The largest absolute Gasteiger partial charge is 0.509 e. The van der Waals surface area contributed by atoms with E-state index in [-0.39, 0.29) is 11.7 Å². The number of benzene rings is 1. The number of hydrogen-bond donors (Lipinski definition) is 1. The third-order valence-electron chi connectivity index (χ3n) is 5.20. The number of carbonyl (C=O) groups excluding carboxylic acids is 1. The summed E-state index contributed by atoms with van der Waals surface area (Å²) in [5.41, 5.74) is 1.87. The molecule has 136 valence electrons. The first-order chi connectivity index (χ1) is 11.9. The second kappa shape index (κ2) is 6.61. The lowest BCUT2D eigenvalue weighted by Gasteiger charge is -2.42. The molecule has 0 unspecified atom stereocenters. The number of nitrogens with zero attached hydrogens (tertiary/aromatic N) is 2. The smallest absolute Gasteiger partial charge is 0.282 e. The molecule has 1 saturated heterocycles. The van der Waals surface area contributed by atoms with E-state index in [1.165, 1.54) is 12.2 Å². The topological polar surface area (TPSA) is 62.2 Å². The summed E-state index contributed by atoms with van der Waals surface area (Å²) in [7, 11) is 3.08. The molecule has 25 heavy (non-hydrogen) atoms. The van der Waals surface area contributed by atoms with Crippen molar-refractivity contribution < 1.29 is 19.6 Å². The molecule has 0 saturated carbocycles. The summed E-state index contributed by atoms with van der Waals surface area (Å²) in [4.78, 5) is 23.7. The molecule has 2 aliphatic rings. The van der Waals surface area contributed by atoms with Crippen molar-refractivity contribution in [1.82, 2.24) is 10.1 Å². The molecule has 1 amide bonds. The van der Waals surface area contributed by atoms with Crippen molar-refractivity contribution in [3.05, 3.63) is 39.6 Å². The van der Waals surface area contributed by atoms with Crippen molar-refractivity contribution in [3.63, 3.8) is 0 Å². The van der Waals surface area contributed by atoms with Gasteiger partial charge in [0.1, 0.15) is 11.3 Å². The summed E-state index contributed by atoms with van der Waals surface area (Å²) in [6.07, 6.45) is 1.06. The normalized spacial score (nSPS) is 20.8. The highest BCUT2D eigenvalue weighted by atomic mass is 35.5. The highest BCUT2D eigenvalue weighted by Crippen LogP contribution is 2.46. The fourth-order valence-electron chi connectivity index (χ4n) is 3.99. The minimum Gasteiger partial charge on any atom is -0.509 e. The predicted molar refractivity (Wildman–Crippen MR) is 94.9 cm³/mol. The lowest BCUT2D eigenvalue weighted by molar-refractivity contribution is -0.221. The number of rotatable bonds is 3. The van der Waals surface area contributed by atoms with E-state index in [4.69, 9.17) is 21.3 Å². The van der Waals surface area contributed by atoms with Crippen LogP contribution in [0.25, 0.3) is 5.57 Å². The average Bonchev–Trinajstić information content (AvgIpc) is 2.76. The average molecular weight is 367 g/mol. The van der Waals surface area contributed by atoms with Crippen LogP contribution in [0, 0.1) is 13.8 Å². The van der Waals surface area contributed by atoms with Crippen molar-refractivity contribution in [1.29, 1.82) is 0 Å². The van der Waals surface area contributed by atoms with Crippen LogP contribution in [0.3, 0.4) is 0 Å². The standard InChI is InChI=1S/C18H23ClN2O4/c1-11-9-13(19)10-12(2)14(11)15-16(22)18(21(25-4)17(15)23)5-7-20(24-3)8-6-18/h9-10,22H,5-8H2,1-4H3. The number of piperidine rings is 1. The Bertz CT molecular complexity index is 716. The summed E-state index contributed by atoms with van der Waals surface area (Å²) in [5.74, 6) is -0.247. The number of hydroxylamine groups is 4. The molecule has 2 aliphatic heterocycles. The van der Waals surface area contributed by atoms with Crippen molar-refractivity contribution in [3.8, 4) is 0 Å². The molecule has 0 aromatic heterocycles. The van der Waals surface area contributed by atoms with Gasteiger partial charge in [-0.25, -0.2) is 5.06 Å². The van der Waals surface area contributed by atoms with Gasteiger partial charge in [0, 0.05) is 18.1 Å². The Balaban J connectivity index is 2.12. The van der Waals surface area contributed by atoms with Crippen molar-refractivity contribution >= 4 is 23.1 Å². The lowest BCUT2D eigenvalue weighted by atomic mass is 9.85. The summed E-state index contributed by atoms with van der Waals surface area (Å²) >= 11 is 6.11. The molecule has 2 heterocycles. The van der Waals surface area contributed by atoms with E-state index in [0.29, 0.717) is 36.5 Å². The predicted octanol–water partition coefficient (Wildman–Crippen LogP) is 3.03. The number of halogens is 1. The van der Waals surface area contributed by atoms with Gasteiger partial charge in [-0.05, 0) is 55.5 Å². The van der Waals surface area contributed by atoms with Gasteiger partial charge < -0.3 is 9.94 Å². The number of carbonyl (C=O) groups is 1. The number of hydrogen-bond acceptors (Lipinski definition) is 5. The Morgan fingerprint density at radius 3 is 2.16 bits per heavy atom. The van der Waals surface area contributed by atoms with Crippen LogP contribution in [0.1, 0.15) is 29.5 Å². The quantitative estimate of drug-likeness (QED) is 0.890. The zero-order valence-corrected chi connectivity index (χ0v) is 15.7. The van der Waals surface area contributed by atoms with Crippen LogP contribution in [0.5, 0.6) is 0 Å². The zero-order chi connectivity index (χ0) is 18.4. The van der Waals surface area contributed by atoms with Crippen LogP contribution in [0.15, 0.2) is 17.9 Å². The molecule has 1 N–H and O–H groups in total. The molecular formula is C18H23ClN2O4. The van der Waals surface area contributed by atoms with Gasteiger partial charge >= 0.3 is 0 Å². The lowest BCUT2D eigenvalue weighted by Crippen LogP contribution is -2.54. The number of aliphatic hydroxyl groups is 1. The molecule has 0 aliphatic carbocycles. The first kappa shape index (κ1) is 18.2. The fraction of sp³-hybridized carbons (Fsp3) is 0.500. The monoisotopic (exact) mass is 366 g/mol. The molecule has 3 rings (SSSR count). The SMILES string of the molecule is CON1CCC2(CC1)C(O)=C(c1c(C)cc(Cl)cc1C)C(=O)N2OC. The summed E-state index contributed by atoms with van der Waals surface area (Å²) in [5, 5.41) is 14.8. The van der Waals surface area contributed by atoms with Crippen LogP contribution >= 0.6 is 11.6 Å². The highest BCUT2D eigenvalue weighted by molar-refractivity contribution is 6.31. The van der Waals surface area contributed by atoms with Gasteiger partial charge in [-0.1, -0.05) is 11.6 Å². The number of aliphatic hydroxyl groups excluding tert-OH is 1. The first-order valence-electron chi connectivity index (χ1n) is 8.24. The minimum absolute atomic E-state index is 0.0728. The summed E-state index contributed by atoms with van der Waals surface area (Å²) < 4.78 is 0. The van der Waals surface area contributed by atoms with Gasteiger partial charge in [-0.15, -0.1) is 0 Å². The number of amides is 1. The first-order valence-corrected chi connectivity index (χ1v) is 8.62. The third-order valence-corrected chi connectivity index (χ3v) is 5.42. The molecule has 0 atom stereocenters. The van der Waals surface area contributed by atoms with Crippen molar-refractivity contribution in [2.45, 2.75) is 32.2 Å². The Labute approximate surface area is 152 Å². The van der Waals surface area contributed by atoms with Crippen molar-refractivity contribution in [2.75, 3.05) is 27.3 Å². The molecule has 1 aromatic carbocycles. The molecule has 0 bridgehead atoms. The maximum atomic E-state index is 13.1. The van der Waals surface area contributed by atoms with Crippen LogP contribution in [-0.4, -0.2) is 54.0 Å². The summed E-state index contributed by atoms with van der Waals surface area (Å²) in [6, 6.07) is 3.60. The van der Waals surface area contributed by atoms with Crippen LogP contribution in [0.4, 0.5) is 0 Å². The van der Waals surface area contributed by atoms with Gasteiger partial charge in [0.2, 0.25) is 0 Å². The Morgan fingerprint density at radius 2 is 1.68 bits per heavy atom. The van der Waals surface area contributed by atoms with E-state index in [1.807, 2.05) is 18.9 Å². The van der Waals surface area contributed by atoms with E-state index in [9.17, 15) is 9.90 Å². The molecule has 1 aromatic rings. The maximum Gasteiger partial charge on any atom is 0.282 e. The molecule has 1 spiro atoms. The third kappa shape index (κ3) is 2.73. The molecule has 7 heteroatoms. The molecule has 1 fully saturated rings. The van der Waals surface area contributed by atoms with Crippen LogP contribution in [0.2, 0.25) is 5.02 Å². The van der Waals surface area contributed by atoms with E-state index in [1.54, 1.807) is 19.2 Å². The second-order valence-corrected chi connectivity index (χ2v) is 7.00. The molecule has 0 radical (unpaired) electrons. The number of aryl methyl sites for hydroxylation is 2. The Morgan fingerprint density at radius 1 is 1.12 bits per heavy atom. The van der Waals surface area contributed by atoms with Crippen LogP contribution in [-0.2, 0) is 14.5 Å². The van der Waals surface area contributed by atoms with Crippen LogP contribution < -0.4 is 0 Å². The van der Waals surface area contributed by atoms with E-state index in [0.717, 1.165) is 16.7 Å². The maximum absolute atomic E-state index is 13.1. The van der Waals surface area contributed by atoms with Gasteiger partial charge in [-0.2, -0.15) is 5.06 Å². The Hall–Kier alpha value is -1.60. The molecular weight excluding hydrogens is 344 g/mol. The van der Waals surface area contributed by atoms with E-state index < -0.39 is 5.54 Å². The van der Waals surface area contributed by atoms with Crippen molar-refractivity contribution in [2.24, 2.45) is 0 Å². The zero-order valence-electron chi connectivity index (χ0n) is 14.9. The minimum atomic E-state index is -0.852. The van der Waals surface area contributed by atoms with Gasteiger partial charge in [0.15, 0.2) is 0 Å². The van der Waals surface area contributed by atoms with Gasteiger partial charge in [-0.3, -0.25) is 9.63 Å².